The standard InChI is InChI=1S/C18H22ClNO6/c1-17(2)23-11-12(24-17)14-16(26-18(3,4)25-14)22-13(11)15(21)20-10-7-5-6-9(19)8-10/h5-8,11-14,16H,1-4H3,(H,20,21)/t11-,12+,13+,14+,16-/m0/s1. The molecule has 8 heteroatoms. The summed E-state index contributed by atoms with van der Waals surface area (Å²) in [5.74, 6) is -2.03. The maximum Gasteiger partial charge on any atom is 0.256 e. The fourth-order valence-electron chi connectivity index (χ4n) is 3.60. The molecule has 1 amide bonds. The predicted molar refractivity (Wildman–Crippen MR) is 92.6 cm³/mol. The number of halogens is 1. The zero-order chi connectivity index (χ0) is 18.7. The van der Waals surface area contributed by atoms with Crippen LogP contribution in [0.2, 0.25) is 5.02 Å². The Labute approximate surface area is 156 Å². The van der Waals surface area contributed by atoms with Crippen molar-refractivity contribution in [3.63, 3.8) is 0 Å². The zero-order valence-electron chi connectivity index (χ0n) is 15.0. The molecule has 0 spiro atoms. The van der Waals surface area contributed by atoms with Crippen LogP contribution >= 0.6 is 11.6 Å². The minimum Gasteiger partial charge on any atom is -0.342 e. The second-order valence-corrected chi connectivity index (χ2v) is 8.03. The van der Waals surface area contributed by atoms with Gasteiger partial charge in [0, 0.05) is 10.7 Å². The molecule has 7 nitrogen and oxygen atoms in total. The Morgan fingerprint density at radius 1 is 1.00 bits per heavy atom. The maximum absolute atomic E-state index is 12.9. The molecule has 0 unspecified atom stereocenters. The van der Waals surface area contributed by atoms with Gasteiger partial charge in [0.1, 0.15) is 18.3 Å². The summed E-state index contributed by atoms with van der Waals surface area (Å²) in [6, 6.07) is 6.91. The SMILES string of the molecule is CC1(C)O[C@@H]2O[C@@H](C(=O)Nc3cccc(Cl)c3)[C@H]3OC(C)(C)O[C@H]3[C@H]2O1. The number of hydrogen-bond donors (Lipinski definition) is 1. The Morgan fingerprint density at radius 2 is 1.65 bits per heavy atom. The molecule has 0 bridgehead atoms. The smallest absolute Gasteiger partial charge is 0.256 e. The number of nitrogens with one attached hydrogen (secondary N) is 1. The monoisotopic (exact) mass is 383 g/mol. The highest BCUT2D eigenvalue weighted by Gasteiger charge is 2.62. The summed E-state index contributed by atoms with van der Waals surface area (Å²) >= 11 is 5.98. The second-order valence-electron chi connectivity index (χ2n) is 7.59. The van der Waals surface area contributed by atoms with Crippen LogP contribution in [0.15, 0.2) is 24.3 Å². The number of anilines is 1. The number of hydrogen-bond acceptors (Lipinski definition) is 6. The molecule has 0 saturated carbocycles. The van der Waals surface area contributed by atoms with Crippen LogP contribution in [0.25, 0.3) is 0 Å². The summed E-state index contributed by atoms with van der Waals surface area (Å²) in [5, 5.41) is 3.34. The zero-order valence-corrected chi connectivity index (χ0v) is 15.8. The molecule has 3 fully saturated rings. The van der Waals surface area contributed by atoms with Crippen molar-refractivity contribution in [2.24, 2.45) is 0 Å². The lowest BCUT2D eigenvalue weighted by Crippen LogP contribution is -2.58. The van der Waals surface area contributed by atoms with Crippen LogP contribution in [0.4, 0.5) is 5.69 Å². The molecule has 0 radical (unpaired) electrons. The Morgan fingerprint density at radius 3 is 2.38 bits per heavy atom. The topological polar surface area (TPSA) is 75.3 Å². The number of amides is 1. The van der Waals surface area contributed by atoms with Gasteiger partial charge in [-0.25, -0.2) is 0 Å². The van der Waals surface area contributed by atoms with Gasteiger partial charge in [-0.2, -0.15) is 0 Å². The molecular weight excluding hydrogens is 362 g/mol. The van der Waals surface area contributed by atoms with E-state index in [0.717, 1.165) is 0 Å². The Kier molecular flexibility index (Phi) is 4.30. The molecule has 0 aliphatic carbocycles. The van der Waals surface area contributed by atoms with Crippen molar-refractivity contribution in [3.05, 3.63) is 29.3 Å². The van der Waals surface area contributed by atoms with Crippen LogP contribution in [-0.4, -0.2) is 48.2 Å². The van der Waals surface area contributed by atoms with E-state index in [1.807, 2.05) is 0 Å². The maximum atomic E-state index is 12.9. The van der Waals surface area contributed by atoms with E-state index in [2.05, 4.69) is 5.32 Å². The number of carbonyl (C=O) groups excluding carboxylic acids is 1. The van der Waals surface area contributed by atoms with Gasteiger partial charge in [-0.05, 0) is 45.9 Å². The van der Waals surface area contributed by atoms with E-state index in [0.29, 0.717) is 10.7 Å². The lowest BCUT2D eigenvalue weighted by molar-refractivity contribution is -0.229. The molecule has 0 aromatic heterocycles. The van der Waals surface area contributed by atoms with Crippen LogP contribution in [-0.2, 0) is 28.5 Å². The second kappa shape index (κ2) is 6.15. The van der Waals surface area contributed by atoms with Gasteiger partial charge in [-0.3, -0.25) is 4.79 Å². The number of fused-ring (bicyclic) bond motifs is 3. The van der Waals surface area contributed by atoms with E-state index >= 15 is 0 Å². The van der Waals surface area contributed by atoms with Crippen LogP contribution in [0, 0.1) is 0 Å². The minimum absolute atomic E-state index is 0.352. The molecule has 142 valence electrons. The van der Waals surface area contributed by atoms with Crippen molar-refractivity contribution >= 4 is 23.2 Å². The van der Waals surface area contributed by atoms with E-state index in [1.54, 1.807) is 52.0 Å². The molecule has 1 N–H and O–H groups in total. The number of rotatable bonds is 2. The fraction of sp³-hybridized carbons (Fsp3) is 0.611. The Bertz CT molecular complexity index is 723. The number of ether oxygens (including phenoxy) is 5. The highest BCUT2D eigenvalue weighted by Crippen LogP contribution is 2.44. The van der Waals surface area contributed by atoms with Gasteiger partial charge >= 0.3 is 0 Å². The minimum atomic E-state index is -0.903. The first kappa shape index (κ1) is 18.2. The largest absolute Gasteiger partial charge is 0.342 e. The molecule has 26 heavy (non-hydrogen) atoms. The molecule has 3 saturated heterocycles. The van der Waals surface area contributed by atoms with Crippen molar-refractivity contribution in [1.29, 1.82) is 0 Å². The normalized spacial score (nSPS) is 37.0. The molecule has 3 heterocycles. The highest BCUT2D eigenvalue weighted by atomic mass is 35.5. The Balaban J connectivity index is 1.58. The van der Waals surface area contributed by atoms with Crippen molar-refractivity contribution in [3.8, 4) is 0 Å². The van der Waals surface area contributed by atoms with Crippen molar-refractivity contribution in [2.75, 3.05) is 5.32 Å². The average molecular weight is 384 g/mol. The molecule has 1 aromatic carbocycles. The summed E-state index contributed by atoms with van der Waals surface area (Å²) in [5.41, 5.74) is 0.576. The van der Waals surface area contributed by atoms with E-state index in [1.165, 1.54) is 0 Å². The Hall–Kier alpha value is -1.22. The average Bonchev–Trinajstić information content (AvgIpc) is 3.00. The fourth-order valence-corrected chi connectivity index (χ4v) is 3.79. The summed E-state index contributed by atoms with van der Waals surface area (Å²) < 4.78 is 29.6. The molecular formula is C18H22ClNO6. The van der Waals surface area contributed by atoms with Crippen molar-refractivity contribution in [2.45, 2.75) is 70.0 Å². The third kappa shape index (κ3) is 3.35. The lowest BCUT2D eigenvalue weighted by Gasteiger charge is -2.36. The van der Waals surface area contributed by atoms with E-state index in [9.17, 15) is 4.79 Å². The third-order valence-electron chi connectivity index (χ3n) is 4.51. The van der Waals surface area contributed by atoms with Gasteiger partial charge in [0.15, 0.2) is 24.0 Å². The van der Waals surface area contributed by atoms with Gasteiger partial charge in [-0.15, -0.1) is 0 Å². The predicted octanol–water partition coefficient (Wildman–Crippen LogP) is 2.68. The summed E-state index contributed by atoms with van der Waals surface area (Å²) in [7, 11) is 0. The van der Waals surface area contributed by atoms with Crippen molar-refractivity contribution in [1.82, 2.24) is 0 Å². The molecule has 1 aromatic rings. The quantitative estimate of drug-likeness (QED) is 0.846. The van der Waals surface area contributed by atoms with Crippen LogP contribution < -0.4 is 5.32 Å². The first-order valence-electron chi connectivity index (χ1n) is 8.57. The summed E-state index contributed by atoms with van der Waals surface area (Å²) in [6.45, 7) is 7.19. The van der Waals surface area contributed by atoms with Crippen LogP contribution in [0.5, 0.6) is 0 Å². The van der Waals surface area contributed by atoms with E-state index < -0.39 is 42.3 Å². The molecule has 3 aliphatic heterocycles. The van der Waals surface area contributed by atoms with E-state index in [4.69, 9.17) is 35.3 Å². The van der Waals surface area contributed by atoms with Gasteiger partial charge in [-0.1, -0.05) is 17.7 Å². The van der Waals surface area contributed by atoms with Gasteiger partial charge in [0.05, 0.1) is 0 Å². The van der Waals surface area contributed by atoms with Crippen LogP contribution in [0.3, 0.4) is 0 Å². The summed E-state index contributed by atoms with van der Waals surface area (Å²) in [6.07, 6.45) is -3.16. The van der Waals surface area contributed by atoms with Gasteiger partial charge < -0.3 is 29.0 Å². The lowest BCUT2D eigenvalue weighted by atomic mass is 9.98. The van der Waals surface area contributed by atoms with E-state index in [-0.39, 0.29) is 5.91 Å². The van der Waals surface area contributed by atoms with Crippen LogP contribution in [0.1, 0.15) is 27.7 Å². The van der Waals surface area contributed by atoms with Gasteiger partial charge in [0.2, 0.25) is 0 Å². The first-order chi connectivity index (χ1) is 12.1. The highest BCUT2D eigenvalue weighted by molar-refractivity contribution is 6.30. The van der Waals surface area contributed by atoms with Crippen molar-refractivity contribution < 1.29 is 28.5 Å². The third-order valence-corrected chi connectivity index (χ3v) is 4.74. The number of carbonyl (C=O) groups is 1. The molecule has 3 aliphatic rings. The first-order valence-corrected chi connectivity index (χ1v) is 8.95. The van der Waals surface area contributed by atoms with Gasteiger partial charge in [0.25, 0.3) is 5.91 Å². The molecule has 4 rings (SSSR count). The summed E-state index contributed by atoms with van der Waals surface area (Å²) in [4.78, 5) is 12.9. The number of benzene rings is 1. The molecule has 5 atom stereocenters.